The van der Waals surface area contributed by atoms with Gasteiger partial charge in [-0.25, -0.2) is 9.97 Å². The summed E-state index contributed by atoms with van der Waals surface area (Å²) < 4.78 is 1.26. The lowest BCUT2D eigenvalue weighted by Gasteiger charge is -1.95. The summed E-state index contributed by atoms with van der Waals surface area (Å²) >= 11 is 4.02. The van der Waals surface area contributed by atoms with Crippen LogP contribution in [0.5, 0.6) is 0 Å². The largest absolute Gasteiger partial charge is 0.241 e. The third-order valence-electron chi connectivity index (χ3n) is 1.63. The Balaban J connectivity index is 2.41. The fraction of sp³-hybridized carbons (Fsp3) is 0.111. The molecule has 2 aromatic rings. The van der Waals surface area contributed by atoms with Crippen molar-refractivity contribution < 1.29 is 0 Å². The molecule has 0 N–H and O–H groups in total. The van der Waals surface area contributed by atoms with Crippen LogP contribution in [-0.2, 0) is 0 Å². The van der Waals surface area contributed by atoms with Crippen molar-refractivity contribution in [2.45, 2.75) is 6.92 Å². The summed E-state index contributed by atoms with van der Waals surface area (Å²) in [6.07, 6.45) is 3.73. The zero-order chi connectivity index (χ0) is 9.26. The summed E-state index contributed by atoms with van der Waals surface area (Å²) in [5, 5.41) is 2.12. The molecule has 13 heavy (non-hydrogen) atoms. The lowest BCUT2D eigenvalue weighted by Crippen LogP contribution is -1.85. The summed E-state index contributed by atoms with van der Waals surface area (Å²) in [7, 11) is 0. The molecule has 4 heteroatoms. The number of rotatable bonds is 1. The highest BCUT2D eigenvalue weighted by Crippen LogP contribution is 2.26. The molecular weight excluding hydrogens is 295 g/mol. The van der Waals surface area contributed by atoms with Gasteiger partial charge in [-0.05, 0) is 35.6 Å². The number of halogens is 1. The van der Waals surface area contributed by atoms with E-state index in [1.807, 2.05) is 19.3 Å². The van der Waals surface area contributed by atoms with Gasteiger partial charge in [-0.1, -0.05) is 0 Å². The van der Waals surface area contributed by atoms with E-state index in [9.17, 15) is 0 Å². The molecule has 0 unspecified atom stereocenters. The molecule has 2 aromatic heterocycles. The van der Waals surface area contributed by atoms with Crippen molar-refractivity contribution in [3.05, 3.63) is 33.2 Å². The lowest BCUT2D eigenvalue weighted by atomic mass is 10.3. The number of hydrogen-bond acceptors (Lipinski definition) is 3. The molecule has 0 aliphatic rings. The third kappa shape index (κ3) is 2.05. The van der Waals surface area contributed by atoms with E-state index in [0.29, 0.717) is 0 Å². The summed E-state index contributed by atoms with van der Waals surface area (Å²) in [6.45, 7) is 1.89. The molecule has 0 bridgehead atoms. The lowest BCUT2D eigenvalue weighted by molar-refractivity contribution is 1.06. The molecule has 0 aromatic carbocycles. The van der Waals surface area contributed by atoms with Crippen molar-refractivity contribution in [2.75, 3.05) is 0 Å². The van der Waals surface area contributed by atoms with Crippen molar-refractivity contribution in [3.8, 4) is 10.4 Å². The molecule has 2 heterocycles. The topological polar surface area (TPSA) is 25.8 Å². The zero-order valence-electron chi connectivity index (χ0n) is 6.99. The van der Waals surface area contributed by atoms with Crippen molar-refractivity contribution in [2.24, 2.45) is 0 Å². The Kier molecular flexibility index (Phi) is 2.59. The number of aryl methyl sites for hydroxylation is 1. The Hall–Kier alpha value is -0.490. The maximum Gasteiger partial charge on any atom is 0.125 e. The van der Waals surface area contributed by atoms with E-state index in [0.717, 1.165) is 11.4 Å². The zero-order valence-corrected chi connectivity index (χ0v) is 9.96. The molecule has 0 saturated heterocycles. The molecule has 2 rings (SSSR count). The third-order valence-corrected chi connectivity index (χ3v) is 3.66. The normalized spacial score (nSPS) is 10.3. The molecule has 0 aliphatic carbocycles. The summed E-state index contributed by atoms with van der Waals surface area (Å²) in [5.74, 6) is 0.815. The Morgan fingerprint density at radius 3 is 2.54 bits per heavy atom. The number of nitrogens with zero attached hydrogens (tertiary/aromatic N) is 2. The molecule has 2 nitrogen and oxygen atoms in total. The van der Waals surface area contributed by atoms with Crippen molar-refractivity contribution in [1.29, 1.82) is 0 Å². The predicted octanol–water partition coefficient (Wildman–Crippen LogP) is 3.12. The Morgan fingerprint density at radius 1 is 1.31 bits per heavy atom. The molecule has 0 aliphatic heterocycles. The van der Waals surface area contributed by atoms with Gasteiger partial charge in [-0.2, -0.15) is 0 Å². The van der Waals surface area contributed by atoms with Crippen LogP contribution in [0.4, 0.5) is 0 Å². The van der Waals surface area contributed by atoms with Crippen LogP contribution in [0.2, 0.25) is 0 Å². The fourth-order valence-corrected chi connectivity index (χ4v) is 2.63. The van der Waals surface area contributed by atoms with Crippen LogP contribution in [0.3, 0.4) is 0 Å². The highest BCUT2D eigenvalue weighted by molar-refractivity contribution is 14.1. The van der Waals surface area contributed by atoms with Gasteiger partial charge < -0.3 is 0 Å². The van der Waals surface area contributed by atoms with Gasteiger partial charge >= 0.3 is 0 Å². The van der Waals surface area contributed by atoms with Gasteiger partial charge in [0.1, 0.15) is 5.82 Å². The first-order valence-corrected chi connectivity index (χ1v) is 5.74. The quantitative estimate of drug-likeness (QED) is 0.756. The molecule has 0 saturated carbocycles. The van der Waals surface area contributed by atoms with E-state index in [1.54, 1.807) is 11.3 Å². The standard InChI is InChI=1S/C9H7IN2S/c1-6-11-3-7(4-12-6)9-2-8(10)5-13-9/h2-5H,1H3. The van der Waals surface area contributed by atoms with E-state index >= 15 is 0 Å². The van der Waals surface area contributed by atoms with Crippen LogP contribution in [0.15, 0.2) is 23.8 Å². The minimum atomic E-state index is 0.815. The van der Waals surface area contributed by atoms with Crippen LogP contribution in [0.1, 0.15) is 5.82 Å². The molecular formula is C9H7IN2S. The first-order chi connectivity index (χ1) is 6.25. The van der Waals surface area contributed by atoms with E-state index in [4.69, 9.17) is 0 Å². The summed E-state index contributed by atoms with van der Waals surface area (Å²) in [6, 6.07) is 2.14. The Bertz CT molecular complexity index is 408. The highest BCUT2D eigenvalue weighted by Gasteiger charge is 2.01. The van der Waals surface area contributed by atoms with Crippen molar-refractivity contribution in [3.63, 3.8) is 0 Å². The van der Waals surface area contributed by atoms with Crippen LogP contribution in [0.25, 0.3) is 10.4 Å². The summed E-state index contributed by atoms with van der Waals surface area (Å²) in [5.41, 5.74) is 1.10. The highest BCUT2D eigenvalue weighted by atomic mass is 127. The van der Waals surface area contributed by atoms with Gasteiger partial charge in [-0.15, -0.1) is 11.3 Å². The van der Waals surface area contributed by atoms with E-state index in [-0.39, 0.29) is 0 Å². The summed E-state index contributed by atoms with van der Waals surface area (Å²) in [4.78, 5) is 9.54. The molecule has 0 atom stereocenters. The van der Waals surface area contributed by atoms with Gasteiger partial charge in [-0.3, -0.25) is 0 Å². The monoisotopic (exact) mass is 302 g/mol. The second-order valence-electron chi connectivity index (χ2n) is 2.65. The second kappa shape index (κ2) is 3.71. The van der Waals surface area contributed by atoms with Crippen LogP contribution in [-0.4, -0.2) is 9.97 Å². The average Bonchev–Trinajstić information content (AvgIpc) is 2.53. The Labute approximate surface area is 94.2 Å². The van der Waals surface area contributed by atoms with Crippen LogP contribution in [0, 0.1) is 10.5 Å². The van der Waals surface area contributed by atoms with Gasteiger partial charge in [0.2, 0.25) is 0 Å². The van der Waals surface area contributed by atoms with Gasteiger partial charge in [0.25, 0.3) is 0 Å². The predicted molar refractivity (Wildman–Crippen MR) is 62.8 cm³/mol. The van der Waals surface area contributed by atoms with E-state index in [1.165, 1.54) is 8.45 Å². The SMILES string of the molecule is Cc1ncc(-c2cc(I)cs2)cn1. The molecule has 66 valence electrons. The van der Waals surface area contributed by atoms with Crippen LogP contribution >= 0.6 is 33.9 Å². The molecule has 0 fully saturated rings. The first-order valence-electron chi connectivity index (χ1n) is 3.79. The molecule has 0 spiro atoms. The van der Waals surface area contributed by atoms with Crippen molar-refractivity contribution >= 4 is 33.9 Å². The molecule has 0 radical (unpaired) electrons. The smallest absolute Gasteiger partial charge is 0.125 e. The van der Waals surface area contributed by atoms with E-state index in [2.05, 4.69) is 44.0 Å². The first kappa shape index (κ1) is 9.08. The van der Waals surface area contributed by atoms with Gasteiger partial charge in [0.05, 0.1) is 0 Å². The minimum absolute atomic E-state index is 0.815. The maximum atomic E-state index is 4.16. The molecule has 0 amide bonds. The fourth-order valence-electron chi connectivity index (χ4n) is 0.984. The average molecular weight is 302 g/mol. The number of hydrogen-bond donors (Lipinski definition) is 0. The van der Waals surface area contributed by atoms with Crippen LogP contribution < -0.4 is 0 Å². The minimum Gasteiger partial charge on any atom is -0.241 e. The number of aromatic nitrogens is 2. The van der Waals surface area contributed by atoms with Crippen molar-refractivity contribution in [1.82, 2.24) is 9.97 Å². The number of thiophene rings is 1. The van der Waals surface area contributed by atoms with Gasteiger partial charge in [0, 0.05) is 31.8 Å². The second-order valence-corrected chi connectivity index (χ2v) is 4.80. The van der Waals surface area contributed by atoms with E-state index < -0.39 is 0 Å². The van der Waals surface area contributed by atoms with Gasteiger partial charge in [0.15, 0.2) is 0 Å². The Morgan fingerprint density at radius 2 is 2.00 bits per heavy atom. The maximum absolute atomic E-state index is 4.16.